The molecule has 8 heteroatoms. The molecule has 0 saturated carbocycles. The summed E-state index contributed by atoms with van der Waals surface area (Å²) >= 11 is 1.20. The van der Waals surface area contributed by atoms with Gasteiger partial charge in [-0.1, -0.05) is 25.1 Å². The topological polar surface area (TPSA) is 104 Å². The van der Waals surface area contributed by atoms with E-state index in [4.69, 9.17) is 0 Å². The van der Waals surface area contributed by atoms with Crippen molar-refractivity contribution < 1.29 is 9.59 Å². The van der Waals surface area contributed by atoms with E-state index in [0.29, 0.717) is 16.5 Å². The van der Waals surface area contributed by atoms with Crippen LogP contribution in [0.25, 0.3) is 0 Å². The van der Waals surface area contributed by atoms with E-state index in [0.717, 1.165) is 18.5 Å². The van der Waals surface area contributed by atoms with Crippen molar-refractivity contribution in [2.24, 2.45) is 0 Å². The van der Waals surface area contributed by atoms with Crippen LogP contribution in [-0.2, 0) is 16.0 Å². The van der Waals surface area contributed by atoms with Crippen LogP contribution in [0.5, 0.6) is 0 Å². The van der Waals surface area contributed by atoms with Gasteiger partial charge >= 0.3 is 0 Å². The summed E-state index contributed by atoms with van der Waals surface area (Å²) in [6, 6.07) is 8.32. The van der Waals surface area contributed by atoms with Gasteiger partial charge in [0.2, 0.25) is 11.8 Å². The maximum Gasteiger partial charge on any atom is 0.251 e. The average molecular weight is 374 g/mol. The Kier molecular flexibility index (Phi) is 6.97. The molecule has 1 aromatic carbocycles. The van der Waals surface area contributed by atoms with Gasteiger partial charge in [0.15, 0.2) is 5.16 Å². The summed E-state index contributed by atoms with van der Waals surface area (Å²) in [6.07, 6.45) is 1.61. The fourth-order valence-electron chi connectivity index (χ4n) is 2.23. The van der Waals surface area contributed by atoms with Crippen LogP contribution in [0.2, 0.25) is 0 Å². The molecule has 0 saturated heterocycles. The molecule has 1 aromatic heterocycles. The van der Waals surface area contributed by atoms with Crippen LogP contribution in [0.1, 0.15) is 32.9 Å². The average Bonchev–Trinajstić information content (AvgIpc) is 2.56. The first-order valence-electron chi connectivity index (χ1n) is 8.32. The molecule has 7 nitrogen and oxygen atoms in total. The lowest BCUT2D eigenvalue weighted by atomic mass is 10.2. The van der Waals surface area contributed by atoms with Crippen LogP contribution in [0, 0.1) is 0 Å². The van der Waals surface area contributed by atoms with E-state index >= 15 is 0 Å². The molecular weight excluding hydrogens is 352 g/mol. The molecule has 2 rings (SSSR count). The van der Waals surface area contributed by atoms with E-state index in [9.17, 15) is 14.4 Å². The molecule has 1 atom stereocenters. The summed E-state index contributed by atoms with van der Waals surface area (Å²) < 4.78 is 0. The predicted molar refractivity (Wildman–Crippen MR) is 104 cm³/mol. The number of aromatic nitrogens is 2. The first-order chi connectivity index (χ1) is 12.4. The van der Waals surface area contributed by atoms with Crippen molar-refractivity contribution in [2.45, 2.75) is 44.0 Å². The van der Waals surface area contributed by atoms with Gasteiger partial charge in [0.1, 0.15) is 0 Å². The number of aromatic amines is 1. The summed E-state index contributed by atoms with van der Waals surface area (Å²) in [7, 11) is 0. The van der Waals surface area contributed by atoms with Crippen molar-refractivity contribution in [3.63, 3.8) is 0 Å². The number of carbonyl (C=O) groups excluding carboxylic acids is 2. The second-order valence-corrected chi connectivity index (χ2v) is 7.13. The Bertz CT molecular complexity index is 833. The monoisotopic (exact) mass is 374 g/mol. The lowest BCUT2D eigenvalue weighted by molar-refractivity contribution is -0.115. The molecule has 0 unspecified atom stereocenters. The Morgan fingerprint density at radius 3 is 2.38 bits per heavy atom. The number of carbonyl (C=O) groups is 2. The minimum absolute atomic E-state index is 0.154. The van der Waals surface area contributed by atoms with Crippen molar-refractivity contribution in [3.8, 4) is 0 Å². The van der Waals surface area contributed by atoms with E-state index in [1.54, 1.807) is 31.2 Å². The van der Waals surface area contributed by atoms with Gasteiger partial charge in [-0.15, -0.1) is 0 Å². The largest absolute Gasteiger partial charge is 0.326 e. The second kappa shape index (κ2) is 9.19. The molecule has 0 aliphatic rings. The van der Waals surface area contributed by atoms with Gasteiger partial charge in [0.05, 0.1) is 5.25 Å². The van der Waals surface area contributed by atoms with Gasteiger partial charge in [-0.3, -0.25) is 14.4 Å². The molecule has 2 amide bonds. The van der Waals surface area contributed by atoms with Gasteiger partial charge in [0.25, 0.3) is 5.56 Å². The zero-order valence-electron chi connectivity index (χ0n) is 15.0. The molecule has 0 spiro atoms. The highest BCUT2D eigenvalue weighted by atomic mass is 32.2. The Labute approximate surface area is 156 Å². The molecule has 0 bridgehead atoms. The van der Waals surface area contributed by atoms with Gasteiger partial charge in [0, 0.05) is 30.1 Å². The minimum Gasteiger partial charge on any atom is -0.326 e. The van der Waals surface area contributed by atoms with E-state index in [1.165, 1.54) is 24.8 Å². The molecule has 1 heterocycles. The molecule has 0 radical (unpaired) electrons. The number of amides is 2. The Morgan fingerprint density at radius 1 is 1.19 bits per heavy atom. The highest BCUT2D eigenvalue weighted by Gasteiger charge is 2.16. The number of hydrogen-bond acceptors (Lipinski definition) is 5. The number of nitrogens with one attached hydrogen (secondary N) is 3. The van der Waals surface area contributed by atoms with Gasteiger partial charge in [-0.25, -0.2) is 4.98 Å². The zero-order chi connectivity index (χ0) is 19.1. The van der Waals surface area contributed by atoms with Gasteiger partial charge < -0.3 is 15.6 Å². The Morgan fingerprint density at radius 2 is 1.81 bits per heavy atom. The molecule has 0 aliphatic heterocycles. The van der Waals surface area contributed by atoms with Crippen molar-refractivity contribution in [1.82, 2.24) is 9.97 Å². The summed E-state index contributed by atoms with van der Waals surface area (Å²) in [5, 5.41) is 5.46. The molecule has 0 fully saturated rings. The smallest absolute Gasteiger partial charge is 0.251 e. The lowest BCUT2D eigenvalue weighted by Crippen LogP contribution is -2.23. The predicted octanol–water partition coefficient (Wildman–Crippen LogP) is 2.80. The molecule has 3 N–H and O–H groups in total. The number of benzene rings is 1. The molecule has 26 heavy (non-hydrogen) atoms. The van der Waals surface area contributed by atoms with E-state index < -0.39 is 5.25 Å². The number of nitrogens with zero attached hydrogens (tertiary/aromatic N) is 1. The van der Waals surface area contributed by atoms with Crippen LogP contribution < -0.4 is 16.2 Å². The van der Waals surface area contributed by atoms with Crippen molar-refractivity contribution in [3.05, 3.63) is 46.4 Å². The van der Waals surface area contributed by atoms with E-state index in [-0.39, 0.29) is 17.4 Å². The summed E-state index contributed by atoms with van der Waals surface area (Å²) in [4.78, 5) is 42.1. The maximum absolute atomic E-state index is 12.4. The van der Waals surface area contributed by atoms with Gasteiger partial charge in [-0.2, -0.15) is 0 Å². The molecule has 138 valence electrons. The van der Waals surface area contributed by atoms with Crippen LogP contribution in [0.3, 0.4) is 0 Å². The standard InChI is InChI=1S/C18H22N4O3S/c1-4-5-15-10-16(24)22-18(21-15)26-11(2)17(25)20-14-8-6-13(7-9-14)19-12(3)23/h6-11H,4-5H2,1-3H3,(H,19,23)(H,20,25)(H,21,22,24)/t11-/m1/s1. The quantitative estimate of drug-likeness (QED) is 0.511. The molecule has 0 aliphatic carbocycles. The SMILES string of the molecule is CCCc1cc(=O)[nH]c(S[C@H](C)C(=O)Nc2ccc(NC(C)=O)cc2)n1. The third-order valence-corrected chi connectivity index (χ3v) is 4.39. The van der Waals surface area contributed by atoms with E-state index in [1.807, 2.05) is 6.92 Å². The first-order valence-corrected chi connectivity index (χ1v) is 9.20. The first kappa shape index (κ1) is 19.7. The summed E-state index contributed by atoms with van der Waals surface area (Å²) in [5.41, 5.74) is 1.79. The van der Waals surface area contributed by atoms with Crippen molar-refractivity contribution in [2.75, 3.05) is 10.6 Å². The lowest BCUT2D eigenvalue weighted by Gasteiger charge is -2.12. The van der Waals surface area contributed by atoms with E-state index in [2.05, 4.69) is 20.6 Å². The summed E-state index contributed by atoms with van der Waals surface area (Å²) in [6.45, 7) is 5.20. The number of hydrogen-bond donors (Lipinski definition) is 3. The second-order valence-electron chi connectivity index (χ2n) is 5.80. The molecule has 2 aromatic rings. The van der Waals surface area contributed by atoms with Crippen LogP contribution in [-0.4, -0.2) is 27.0 Å². The molecular formula is C18H22N4O3S. The zero-order valence-corrected chi connectivity index (χ0v) is 15.8. The normalized spacial score (nSPS) is 11.7. The Balaban J connectivity index is 1.99. The van der Waals surface area contributed by atoms with Crippen molar-refractivity contribution >= 4 is 35.0 Å². The summed E-state index contributed by atoms with van der Waals surface area (Å²) in [5.74, 6) is -0.357. The number of thioether (sulfide) groups is 1. The third-order valence-electron chi connectivity index (χ3n) is 3.41. The number of aryl methyl sites for hydroxylation is 1. The highest BCUT2D eigenvalue weighted by Crippen LogP contribution is 2.21. The number of rotatable bonds is 7. The van der Waals surface area contributed by atoms with Crippen LogP contribution >= 0.6 is 11.8 Å². The van der Waals surface area contributed by atoms with Crippen LogP contribution in [0.4, 0.5) is 11.4 Å². The maximum atomic E-state index is 12.4. The van der Waals surface area contributed by atoms with Gasteiger partial charge in [-0.05, 0) is 37.6 Å². The van der Waals surface area contributed by atoms with Crippen molar-refractivity contribution in [1.29, 1.82) is 0 Å². The fourth-order valence-corrected chi connectivity index (χ4v) is 3.06. The highest BCUT2D eigenvalue weighted by molar-refractivity contribution is 8.00. The third kappa shape index (κ3) is 6.03. The number of H-pyrrole nitrogens is 1. The van der Waals surface area contributed by atoms with Crippen LogP contribution in [0.15, 0.2) is 40.3 Å². The fraction of sp³-hybridized carbons (Fsp3) is 0.333. The minimum atomic E-state index is -0.440. The number of anilines is 2. The Hall–Kier alpha value is -2.61.